The molecule has 0 saturated heterocycles. The number of allylic oxidation sites excluding steroid dienone is 4. The summed E-state index contributed by atoms with van der Waals surface area (Å²) in [5.74, 6) is -3.04. The van der Waals surface area contributed by atoms with E-state index in [9.17, 15) is 19.5 Å². The van der Waals surface area contributed by atoms with E-state index in [0.29, 0.717) is 19.3 Å². The number of hydrogen-bond donors (Lipinski definition) is 2. The summed E-state index contributed by atoms with van der Waals surface area (Å²) in [7, 11) is 0. The van der Waals surface area contributed by atoms with Crippen molar-refractivity contribution in [3.63, 3.8) is 0 Å². The van der Waals surface area contributed by atoms with Crippen molar-refractivity contribution in [1.82, 2.24) is 0 Å². The van der Waals surface area contributed by atoms with Gasteiger partial charge in [0, 0.05) is 22.7 Å². The molecule has 0 aromatic rings. The van der Waals surface area contributed by atoms with Crippen LogP contribution in [-0.2, 0) is 19.1 Å². The van der Waals surface area contributed by atoms with Gasteiger partial charge < -0.3 is 9.84 Å². The molecule has 0 unspecified atom stereocenters. The number of carbonyl (C=O) groups is 3. The number of rotatable bonds is 3. The zero-order chi connectivity index (χ0) is 24.1. The Labute approximate surface area is 197 Å². The normalized spacial score (nSPS) is 50.7. The van der Waals surface area contributed by atoms with Crippen LogP contribution in [0.5, 0.6) is 0 Å². The predicted octanol–water partition coefficient (Wildman–Crippen LogP) is 3.70. The van der Waals surface area contributed by atoms with E-state index in [1.165, 1.54) is 19.1 Å². The van der Waals surface area contributed by atoms with Crippen molar-refractivity contribution in [3.8, 4) is 0 Å². The molecule has 180 valence electrons. The van der Waals surface area contributed by atoms with Crippen LogP contribution >= 0.6 is 12.6 Å². The van der Waals surface area contributed by atoms with Gasteiger partial charge in [-0.2, -0.15) is 0 Å². The summed E-state index contributed by atoms with van der Waals surface area (Å²) in [6, 6.07) is 0. The van der Waals surface area contributed by atoms with Crippen molar-refractivity contribution in [2.24, 2.45) is 34.5 Å². The van der Waals surface area contributed by atoms with Crippen LogP contribution in [0, 0.1) is 34.5 Å². The number of ketones is 1. The van der Waals surface area contributed by atoms with Crippen LogP contribution in [0.2, 0.25) is 0 Å². The summed E-state index contributed by atoms with van der Waals surface area (Å²) < 4.78 is 38.6. The predicted molar refractivity (Wildman–Crippen MR) is 119 cm³/mol. The van der Waals surface area contributed by atoms with Crippen molar-refractivity contribution >= 4 is 29.5 Å². The molecule has 8 heteroatoms. The number of esters is 1. The Hall–Kier alpha value is -1.54. The van der Waals surface area contributed by atoms with Crippen molar-refractivity contribution in [2.75, 3.05) is 0 Å². The number of halogens is 2. The summed E-state index contributed by atoms with van der Waals surface area (Å²) in [6.45, 7) is 5.07. The average Bonchev–Trinajstić information content (AvgIpc) is 3.55. The Bertz CT molecular complexity index is 1010. The third-order valence-corrected chi connectivity index (χ3v) is 9.99. The molecule has 0 radical (unpaired) electrons. The minimum atomic E-state index is -2.24. The Kier molecular flexibility index (Phi) is 4.92. The second kappa shape index (κ2) is 7.00. The van der Waals surface area contributed by atoms with Gasteiger partial charge >= 0.3 is 5.97 Å². The van der Waals surface area contributed by atoms with Crippen LogP contribution in [0.15, 0.2) is 23.8 Å². The Morgan fingerprint density at radius 2 is 1.88 bits per heavy atom. The summed E-state index contributed by atoms with van der Waals surface area (Å²) >= 11 is 4.14. The van der Waals surface area contributed by atoms with Crippen molar-refractivity contribution in [3.05, 3.63) is 23.8 Å². The van der Waals surface area contributed by atoms with Gasteiger partial charge in [-0.1, -0.05) is 19.9 Å². The van der Waals surface area contributed by atoms with Crippen molar-refractivity contribution in [1.29, 1.82) is 0 Å². The summed E-state index contributed by atoms with van der Waals surface area (Å²) in [6.07, 6.45) is 2.05. The molecular weight excluding hydrogens is 450 g/mol. The lowest BCUT2D eigenvalue weighted by atomic mass is 9.44. The largest absolute Gasteiger partial charge is 0.449 e. The van der Waals surface area contributed by atoms with Gasteiger partial charge in [-0.3, -0.25) is 14.4 Å². The highest BCUT2D eigenvalue weighted by Gasteiger charge is 2.78. The molecule has 0 heterocycles. The molecule has 0 bridgehead atoms. The lowest BCUT2D eigenvalue weighted by molar-refractivity contribution is -0.229. The maximum absolute atomic E-state index is 17.2. The molecule has 9 atom stereocenters. The minimum Gasteiger partial charge on any atom is -0.449 e. The van der Waals surface area contributed by atoms with E-state index in [0.717, 1.165) is 6.08 Å². The van der Waals surface area contributed by atoms with Gasteiger partial charge in [0.15, 0.2) is 17.1 Å². The van der Waals surface area contributed by atoms with Crippen molar-refractivity contribution in [2.45, 2.75) is 76.4 Å². The summed E-state index contributed by atoms with van der Waals surface area (Å²) in [5, 5.41) is 10.8. The fourth-order valence-electron chi connectivity index (χ4n) is 7.80. The van der Waals surface area contributed by atoms with Crippen molar-refractivity contribution < 1.29 is 33.0 Å². The molecule has 5 rings (SSSR count). The molecule has 5 nitrogen and oxygen atoms in total. The summed E-state index contributed by atoms with van der Waals surface area (Å²) in [5.41, 5.74) is -6.41. The van der Waals surface area contributed by atoms with Crippen LogP contribution < -0.4 is 0 Å². The molecule has 0 spiro atoms. The van der Waals surface area contributed by atoms with E-state index in [1.54, 1.807) is 13.8 Å². The molecule has 33 heavy (non-hydrogen) atoms. The molecule has 1 N–H and O–H groups in total. The number of ether oxygens (including phenoxy) is 1. The van der Waals surface area contributed by atoms with Gasteiger partial charge in [-0.15, -0.1) is 12.6 Å². The number of alkyl halides is 2. The Morgan fingerprint density at radius 1 is 1.21 bits per heavy atom. The monoisotopic (exact) mass is 480 g/mol. The lowest BCUT2D eigenvalue weighted by Crippen LogP contribution is -2.70. The van der Waals surface area contributed by atoms with Crippen LogP contribution in [0.25, 0.3) is 0 Å². The molecule has 0 amide bonds. The SMILES string of the molecule is C[C@@H]1C[C@H]2[C@@H]3C[C@H](F)C4=CC(=O)C=C[C@]4(C)[C@@]3(F)[C@@H](O)C[C@]2(C)[C@@]1(OC(=O)C1CC1)C(=O)S. The highest BCUT2D eigenvalue weighted by atomic mass is 32.1. The van der Waals surface area contributed by atoms with E-state index >= 15 is 8.78 Å². The third kappa shape index (κ3) is 2.71. The standard InChI is InChI=1S/C25H30F2O5S/c1-12-8-15-16-10-18(26)17-9-14(28)6-7-22(17,2)24(16,27)19(29)11-23(15,3)25(12,21(31)33)32-20(30)13-4-5-13/h6-7,9,12-13,15-16,18-19,29H,4-5,8,10-11H2,1-3H3,(H,31,33)/t12-,15+,16+,18+,19+,22+,23+,24+,25+/m1/s1. The highest BCUT2D eigenvalue weighted by molar-refractivity contribution is 7.96. The van der Waals surface area contributed by atoms with E-state index < -0.39 is 69.0 Å². The van der Waals surface area contributed by atoms with E-state index in [4.69, 9.17) is 4.74 Å². The quantitative estimate of drug-likeness (QED) is 0.476. The smallest absolute Gasteiger partial charge is 0.309 e. The Morgan fingerprint density at radius 3 is 2.48 bits per heavy atom. The number of aliphatic hydroxyl groups excluding tert-OH is 1. The molecule has 0 aromatic heterocycles. The first kappa shape index (κ1) is 23.2. The molecule has 4 saturated carbocycles. The number of carbonyl (C=O) groups excluding carboxylic acids is 3. The first-order valence-corrected chi connectivity index (χ1v) is 12.2. The van der Waals surface area contributed by atoms with Crippen LogP contribution in [0.1, 0.15) is 52.9 Å². The van der Waals surface area contributed by atoms with Crippen LogP contribution in [0.4, 0.5) is 8.78 Å². The molecule has 0 aliphatic heterocycles. The number of thiol groups is 1. The second-order valence-electron chi connectivity index (χ2n) is 11.2. The number of aliphatic hydroxyl groups is 1. The molecule has 5 aliphatic rings. The van der Waals surface area contributed by atoms with Gasteiger partial charge in [0.05, 0.1) is 12.0 Å². The third-order valence-electron chi connectivity index (χ3n) is 9.66. The molecule has 0 aromatic carbocycles. The lowest BCUT2D eigenvalue weighted by Gasteiger charge is -2.63. The first-order valence-electron chi connectivity index (χ1n) is 11.8. The molecule has 4 fully saturated rings. The van der Waals surface area contributed by atoms with Gasteiger partial charge in [0.25, 0.3) is 0 Å². The van der Waals surface area contributed by atoms with E-state index in [-0.39, 0.29) is 24.3 Å². The van der Waals surface area contributed by atoms with E-state index in [1.807, 2.05) is 0 Å². The van der Waals surface area contributed by atoms with E-state index in [2.05, 4.69) is 12.6 Å². The Balaban J connectivity index is 1.63. The fourth-order valence-corrected chi connectivity index (χ4v) is 8.32. The summed E-state index contributed by atoms with van der Waals surface area (Å²) in [4.78, 5) is 37.7. The van der Waals surface area contributed by atoms with Gasteiger partial charge in [-0.05, 0) is 62.7 Å². The van der Waals surface area contributed by atoms with Gasteiger partial charge in [0.1, 0.15) is 6.17 Å². The zero-order valence-corrected chi connectivity index (χ0v) is 19.9. The van der Waals surface area contributed by atoms with Crippen LogP contribution in [0.3, 0.4) is 0 Å². The molecule has 5 aliphatic carbocycles. The average molecular weight is 481 g/mol. The highest BCUT2D eigenvalue weighted by Crippen LogP contribution is 2.72. The first-order chi connectivity index (χ1) is 15.3. The maximum Gasteiger partial charge on any atom is 0.309 e. The molecular formula is C25H30F2O5S. The fraction of sp³-hybridized carbons (Fsp3) is 0.720. The maximum atomic E-state index is 17.2. The van der Waals surface area contributed by atoms with Gasteiger partial charge in [-0.25, -0.2) is 8.78 Å². The van der Waals surface area contributed by atoms with Crippen LogP contribution in [-0.4, -0.2) is 45.5 Å². The second-order valence-corrected chi connectivity index (χ2v) is 11.6. The topological polar surface area (TPSA) is 80.7 Å². The number of fused-ring (bicyclic) bond motifs is 5. The minimum absolute atomic E-state index is 0.0548. The zero-order valence-electron chi connectivity index (χ0n) is 19.0. The number of hydrogen-bond acceptors (Lipinski definition) is 5. The van der Waals surface area contributed by atoms with Gasteiger partial charge in [0.2, 0.25) is 5.12 Å².